The first kappa shape index (κ1) is 23.5. The molecule has 0 aromatic heterocycles. The van der Waals surface area contributed by atoms with Crippen LogP contribution in [-0.4, -0.2) is 29.0 Å². The van der Waals surface area contributed by atoms with Crippen LogP contribution in [0.4, 0.5) is 0 Å². The number of benzene rings is 1. The monoisotopic (exact) mass is 420 g/mol. The van der Waals surface area contributed by atoms with Crippen LogP contribution in [0.2, 0.25) is 0 Å². The zero-order valence-electron chi connectivity index (χ0n) is 19.4. The summed E-state index contributed by atoms with van der Waals surface area (Å²) >= 11 is 0. The molecule has 166 valence electrons. The van der Waals surface area contributed by atoms with Crippen molar-refractivity contribution in [1.82, 2.24) is 0 Å². The van der Waals surface area contributed by atoms with Crippen LogP contribution < -0.4 is 0 Å². The lowest BCUT2D eigenvalue weighted by molar-refractivity contribution is -0.113. The van der Waals surface area contributed by atoms with Crippen molar-refractivity contribution in [2.45, 2.75) is 71.2 Å². The Hall–Kier alpha value is -2.20. The summed E-state index contributed by atoms with van der Waals surface area (Å²) < 4.78 is 6.05. The molecule has 3 atom stereocenters. The Bertz CT molecular complexity index is 931. The Balaban J connectivity index is 0.00000132. The maximum atomic E-state index is 10.2. The Kier molecular flexibility index (Phi) is 7.53. The first-order valence-corrected chi connectivity index (χ1v) is 11.4. The van der Waals surface area contributed by atoms with Gasteiger partial charge < -0.3 is 14.9 Å². The predicted octanol–water partition coefficient (Wildman–Crippen LogP) is 6.03. The molecule has 1 saturated heterocycles. The van der Waals surface area contributed by atoms with Gasteiger partial charge in [-0.2, -0.15) is 0 Å². The van der Waals surface area contributed by atoms with Crippen molar-refractivity contribution in [2.75, 3.05) is 6.61 Å². The van der Waals surface area contributed by atoms with Crippen molar-refractivity contribution in [2.24, 2.45) is 0 Å². The summed E-state index contributed by atoms with van der Waals surface area (Å²) in [5, 5.41) is 19.7. The highest BCUT2D eigenvalue weighted by atomic mass is 16.5. The van der Waals surface area contributed by atoms with Crippen molar-refractivity contribution >= 4 is 0 Å². The second-order valence-electron chi connectivity index (χ2n) is 8.82. The van der Waals surface area contributed by atoms with Gasteiger partial charge in [-0.05, 0) is 40.3 Å². The predicted molar refractivity (Wildman–Crippen MR) is 128 cm³/mol. The lowest BCUT2D eigenvalue weighted by atomic mass is 9.76. The zero-order valence-corrected chi connectivity index (χ0v) is 19.4. The van der Waals surface area contributed by atoms with Crippen LogP contribution in [0, 0.1) is 6.92 Å². The van der Waals surface area contributed by atoms with Crippen molar-refractivity contribution in [3.8, 4) is 11.1 Å². The van der Waals surface area contributed by atoms with E-state index in [0.29, 0.717) is 12.8 Å². The van der Waals surface area contributed by atoms with Crippen molar-refractivity contribution in [3.63, 3.8) is 0 Å². The van der Waals surface area contributed by atoms with Crippen LogP contribution in [0.3, 0.4) is 0 Å². The number of aliphatic hydroxyl groups is 2. The lowest BCUT2D eigenvalue weighted by Crippen LogP contribution is -2.33. The van der Waals surface area contributed by atoms with E-state index in [4.69, 9.17) is 4.74 Å². The first-order chi connectivity index (χ1) is 14.9. The molecule has 1 aromatic carbocycles. The average molecular weight is 421 g/mol. The quantitative estimate of drug-likeness (QED) is 0.542. The van der Waals surface area contributed by atoms with Gasteiger partial charge in [0.25, 0.3) is 0 Å². The highest BCUT2D eigenvalue weighted by Crippen LogP contribution is 2.40. The summed E-state index contributed by atoms with van der Waals surface area (Å²) in [6, 6.07) is 21.5. The molecule has 0 amide bonds. The second kappa shape index (κ2) is 9.95. The van der Waals surface area contributed by atoms with E-state index in [1.165, 1.54) is 27.8 Å². The molecule has 1 heterocycles. The summed E-state index contributed by atoms with van der Waals surface area (Å²) in [5.41, 5.74) is 7.19. The van der Waals surface area contributed by atoms with Gasteiger partial charge >= 0.3 is 0 Å². The molecule has 0 bridgehead atoms. The van der Waals surface area contributed by atoms with Crippen LogP contribution in [0.5, 0.6) is 0 Å². The molecule has 1 fully saturated rings. The van der Waals surface area contributed by atoms with E-state index in [2.05, 4.69) is 81.4 Å². The standard InChI is InChI=1S/C26H30O3.C2H6/c1-17-9-10-20(25-15-22(28)14-23(16-27)29-25)13-24(17)26(2,3)21-11-18-7-5-4-6-8-19(18)12-21;1-2/h4-13,22-23,25,27-28H,14-16H2,1-3H3;1-2H3. The number of aryl methyl sites for hydroxylation is 1. The molecule has 4 rings (SSSR count). The molecule has 31 heavy (non-hydrogen) atoms. The molecule has 0 saturated carbocycles. The molecular weight excluding hydrogens is 384 g/mol. The topological polar surface area (TPSA) is 49.7 Å². The molecule has 3 unspecified atom stereocenters. The lowest BCUT2D eigenvalue weighted by Gasteiger charge is -2.34. The normalized spacial score (nSPS) is 21.5. The largest absolute Gasteiger partial charge is 0.394 e. The summed E-state index contributed by atoms with van der Waals surface area (Å²) in [5.74, 6) is 0. The smallest absolute Gasteiger partial charge is 0.0854 e. The first-order valence-electron chi connectivity index (χ1n) is 11.4. The van der Waals surface area contributed by atoms with Crippen molar-refractivity contribution in [1.29, 1.82) is 0 Å². The minimum atomic E-state index is -0.440. The maximum absolute atomic E-state index is 10.2. The van der Waals surface area contributed by atoms with Gasteiger partial charge in [0.2, 0.25) is 0 Å². The van der Waals surface area contributed by atoms with Crippen molar-refractivity contribution in [3.05, 3.63) is 82.9 Å². The van der Waals surface area contributed by atoms with E-state index < -0.39 is 6.10 Å². The summed E-state index contributed by atoms with van der Waals surface area (Å²) in [6.07, 6.45) is 0.126. The van der Waals surface area contributed by atoms with Crippen LogP contribution >= 0.6 is 0 Å². The Labute approximate surface area is 187 Å². The van der Waals surface area contributed by atoms with E-state index in [1.807, 2.05) is 13.8 Å². The molecule has 3 heteroatoms. The molecule has 1 aromatic rings. The number of fused-ring (bicyclic) bond motifs is 1. The van der Waals surface area contributed by atoms with E-state index in [1.54, 1.807) is 0 Å². The fourth-order valence-corrected chi connectivity index (χ4v) is 4.57. The third-order valence-electron chi connectivity index (χ3n) is 6.34. The molecule has 3 aliphatic rings. The van der Waals surface area contributed by atoms with Gasteiger partial charge in [0.1, 0.15) is 0 Å². The molecule has 0 radical (unpaired) electrons. The Morgan fingerprint density at radius 3 is 2.19 bits per heavy atom. The van der Waals surface area contributed by atoms with E-state index >= 15 is 0 Å². The van der Waals surface area contributed by atoms with Crippen molar-refractivity contribution < 1.29 is 14.9 Å². The van der Waals surface area contributed by atoms with Gasteiger partial charge in [0.05, 0.1) is 24.9 Å². The summed E-state index contributed by atoms with van der Waals surface area (Å²) in [6.45, 7) is 10.6. The highest BCUT2D eigenvalue weighted by molar-refractivity contribution is 5.69. The molecule has 0 spiro atoms. The molecular formula is C28H36O3. The molecule has 2 N–H and O–H groups in total. The van der Waals surface area contributed by atoms with E-state index in [-0.39, 0.29) is 24.2 Å². The minimum Gasteiger partial charge on any atom is -0.394 e. The molecule has 2 aliphatic carbocycles. The fraction of sp³-hybridized carbons (Fsp3) is 0.429. The number of rotatable bonds is 4. The Morgan fingerprint density at radius 1 is 0.935 bits per heavy atom. The average Bonchev–Trinajstić information content (AvgIpc) is 3.06. The van der Waals surface area contributed by atoms with E-state index in [9.17, 15) is 10.2 Å². The Morgan fingerprint density at radius 2 is 1.58 bits per heavy atom. The third-order valence-corrected chi connectivity index (χ3v) is 6.34. The number of ether oxygens (including phenoxy) is 1. The maximum Gasteiger partial charge on any atom is 0.0854 e. The van der Waals surface area contributed by atoms with Gasteiger partial charge in [0, 0.05) is 18.3 Å². The number of hydrogen-bond acceptors (Lipinski definition) is 3. The van der Waals surface area contributed by atoms with Crippen LogP contribution in [0.25, 0.3) is 11.1 Å². The van der Waals surface area contributed by atoms with Gasteiger partial charge in [-0.25, -0.2) is 0 Å². The second-order valence-corrected chi connectivity index (χ2v) is 8.82. The SMILES string of the molecule is CC.Cc1ccc(C2CC(O)CC(CO)O2)cc1C(C)(C)c1cc2cccccc-2c1. The van der Waals surface area contributed by atoms with E-state index in [0.717, 1.165) is 5.56 Å². The van der Waals surface area contributed by atoms with Gasteiger partial charge in [0.15, 0.2) is 0 Å². The third kappa shape index (κ3) is 5.01. The minimum absolute atomic E-state index is 0.0602. The summed E-state index contributed by atoms with van der Waals surface area (Å²) in [4.78, 5) is 0. The molecule has 3 nitrogen and oxygen atoms in total. The van der Waals surface area contributed by atoms with Crippen LogP contribution in [-0.2, 0) is 10.2 Å². The van der Waals surface area contributed by atoms with Gasteiger partial charge in [-0.1, -0.05) is 88.4 Å². The number of aliphatic hydroxyl groups excluding tert-OH is 2. The summed E-state index contributed by atoms with van der Waals surface area (Å²) in [7, 11) is 0. The zero-order chi connectivity index (χ0) is 22.6. The molecule has 1 aliphatic heterocycles. The highest BCUT2D eigenvalue weighted by Gasteiger charge is 2.31. The van der Waals surface area contributed by atoms with Crippen LogP contribution in [0.1, 0.15) is 68.9 Å². The number of hydrogen-bond donors (Lipinski definition) is 2. The van der Waals surface area contributed by atoms with Gasteiger partial charge in [-0.15, -0.1) is 0 Å². The fourth-order valence-electron chi connectivity index (χ4n) is 4.57. The van der Waals surface area contributed by atoms with Crippen LogP contribution in [0.15, 0.2) is 60.7 Å². The van der Waals surface area contributed by atoms with Gasteiger partial charge in [-0.3, -0.25) is 0 Å².